The average Bonchev–Trinajstić information content (AvgIpc) is 2.47. The Kier molecular flexibility index (Phi) is 5.37. The number of halogens is 2. The van der Waals surface area contributed by atoms with Gasteiger partial charge in [0.05, 0.1) is 10.3 Å². The fourth-order valence-corrected chi connectivity index (χ4v) is 2.61. The molecule has 1 heterocycles. The standard InChI is InChI=1S/C10H13I2NO2/c1-3-5-6-7(11)9(12)13-8(6)10(14)15-4-2/h13H,3-5H2,1-2H3. The van der Waals surface area contributed by atoms with Crippen LogP contribution in [0.15, 0.2) is 0 Å². The Bertz CT molecular complexity index is 361. The van der Waals surface area contributed by atoms with Crippen LogP contribution in [0.25, 0.3) is 0 Å². The maximum Gasteiger partial charge on any atom is 0.355 e. The molecule has 0 amide bonds. The van der Waals surface area contributed by atoms with Crippen molar-refractivity contribution in [2.45, 2.75) is 26.7 Å². The van der Waals surface area contributed by atoms with Crippen LogP contribution < -0.4 is 0 Å². The van der Waals surface area contributed by atoms with E-state index in [4.69, 9.17) is 4.74 Å². The Morgan fingerprint density at radius 2 is 2.07 bits per heavy atom. The predicted molar refractivity (Wildman–Crippen MR) is 76.2 cm³/mol. The first-order chi connectivity index (χ1) is 7.11. The molecule has 0 fully saturated rings. The SMILES string of the molecule is CCCc1c(C(=O)OCC)[nH]c(I)c1I. The minimum absolute atomic E-state index is 0.248. The van der Waals surface area contributed by atoms with Crippen LogP contribution in [-0.4, -0.2) is 17.6 Å². The number of hydrogen-bond donors (Lipinski definition) is 1. The van der Waals surface area contributed by atoms with Crippen LogP contribution >= 0.6 is 45.2 Å². The number of ether oxygens (including phenoxy) is 1. The summed E-state index contributed by atoms with van der Waals surface area (Å²) in [6.07, 6.45) is 1.93. The van der Waals surface area contributed by atoms with Crippen molar-refractivity contribution in [3.8, 4) is 0 Å². The summed E-state index contributed by atoms with van der Waals surface area (Å²) >= 11 is 4.47. The molecular formula is C10H13I2NO2. The number of aromatic nitrogens is 1. The van der Waals surface area contributed by atoms with Gasteiger partial charge >= 0.3 is 5.97 Å². The summed E-state index contributed by atoms with van der Waals surface area (Å²) in [6, 6.07) is 0. The largest absolute Gasteiger partial charge is 0.461 e. The van der Waals surface area contributed by atoms with Gasteiger partial charge in [-0.3, -0.25) is 0 Å². The van der Waals surface area contributed by atoms with Crippen LogP contribution in [0.2, 0.25) is 0 Å². The van der Waals surface area contributed by atoms with Gasteiger partial charge in [-0.05, 0) is 64.1 Å². The van der Waals surface area contributed by atoms with E-state index >= 15 is 0 Å². The second kappa shape index (κ2) is 6.07. The quantitative estimate of drug-likeness (QED) is 0.585. The zero-order chi connectivity index (χ0) is 11.4. The normalized spacial score (nSPS) is 10.4. The van der Waals surface area contributed by atoms with Crippen molar-refractivity contribution >= 4 is 51.2 Å². The second-order valence-corrected chi connectivity index (χ2v) is 5.23. The van der Waals surface area contributed by atoms with Crippen molar-refractivity contribution in [2.24, 2.45) is 0 Å². The van der Waals surface area contributed by atoms with Crippen LogP contribution in [0.3, 0.4) is 0 Å². The van der Waals surface area contributed by atoms with E-state index in [1.807, 2.05) is 6.92 Å². The van der Waals surface area contributed by atoms with Gasteiger partial charge in [-0.1, -0.05) is 13.3 Å². The van der Waals surface area contributed by atoms with Crippen molar-refractivity contribution < 1.29 is 9.53 Å². The Hall–Kier alpha value is 0.210. The van der Waals surface area contributed by atoms with Gasteiger partial charge in [-0.2, -0.15) is 0 Å². The molecule has 0 saturated heterocycles. The number of hydrogen-bond acceptors (Lipinski definition) is 2. The van der Waals surface area contributed by atoms with E-state index < -0.39 is 0 Å². The van der Waals surface area contributed by atoms with E-state index in [2.05, 4.69) is 57.1 Å². The molecule has 0 spiro atoms. The highest BCUT2D eigenvalue weighted by atomic mass is 127. The first-order valence-electron chi connectivity index (χ1n) is 4.84. The molecule has 0 unspecified atom stereocenters. The molecule has 0 aliphatic carbocycles. The Morgan fingerprint density at radius 3 is 2.60 bits per heavy atom. The van der Waals surface area contributed by atoms with Gasteiger partial charge in [0.1, 0.15) is 5.69 Å². The minimum atomic E-state index is -0.248. The maximum atomic E-state index is 11.6. The molecule has 0 aromatic carbocycles. The van der Waals surface area contributed by atoms with Gasteiger partial charge < -0.3 is 9.72 Å². The molecule has 1 rings (SSSR count). The third-order valence-corrected chi connectivity index (χ3v) is 5.01. The molecule has 0 aliphatic heterocycles. The van der Waals surface area contributed by atoms with Crippen LogP contribution in [-0.2, 0) is 11.2 Å². The zero-order valence-corrected chi connectivity index (χ0v) is 13.0. The zero-order valence-electron chi connectivity index (χ0n) is 8.69. The summed E-state index contributed by atoms with van der Waals surface area (Å²) in [5, 5.41) is 0. The van der Waals surface area contributed by atoms with Gasteiger partial charge in [-0.25, -0.2) is 4.79 Å². The van der Waals surface area contributed by atoms with Gasteiger partial charge in [-0.15, -0.1) is 0 Å². The summed E-state index contributed by atoms with van der Waals surface area (Å²) < 4.78 is 7.16. The van der Waals surface area contributed by atoms with Crippen LogP contribution in [0.5, 0.6) is 0 Å². The minimum Gasteiger partial charge on any atom is -0.461 e. The van der Waals surface area contributed by atoms with E-state index in [9.17, 15) is 4.79 Å². The molecule has 0 atom stereocenters. The lowest BCUT2D eigenvalue weighted by Gasteiger charge is -2.02. The van der Waals surface area contributed by atoms with E-state index in [0.717, 1.165) is 25.7 Å². The molecule has 1 aromatic heterocycles. The van der Waals surface area contributed by atoms with Crippen molar-refractivity contribution in [3.63, 3.8) is 0 Å². The van der Waals surface area contributed by atoms with Crippen molar-refractivity contribution in [1.29, 1.82) is 0 Å². The highest BCUT2D eigenvalue weighted by Crippen LogP contribution is 2.24. The van der Waals surface area contributed by atoms with E-state index in [0.29, 0.717) is 12.3 Å². The third-order valence-electron chi connectivity index (χ3n) is 1.97. The van der Waals surface area contributed by atoms with Gasteiger partial charge in [0.25, 0.3) is 0 Å². The molecule has 5 heteroatoms. The van der Waals surface area contributed by atoms with Crippen LogP contribution in [0.4, 0.5) is 0 Å². The Labute approximate surface area is 117 Å². The molecule has 84 valence electrons. The number of H-pyrrole nitrogens is 1. The van der Waals surface area contributed by atoms with E-state index in [-0.39, 0.29) is 5.97 Å². The van der Waals surface area contributed by atoms with Gasteiger partial charge in [0.2, 0.25) is 0 Å². The molecule has 3 nitrogen and oxygen atoms in total. The highest BCUT2D eigenvalue weighted by Gasteiger charge is 2.19. The summed E-state index contributed by atoms with van der Waals surface area (Å²) in [4.78, 5) is 14.7. The lowest BCUT2D eigenvalue weighted by molar-refractivity contribution is 0.0519. The molecule has 1 N–H and O–H groups in total. The van der Waals surface area contributed by atoms with E-state index in [1.165, 1.54) is 0 Å². The van der Waals surface area contributed by atoms with Crippen molar-refractivity contribution in [3.05, 3.63) is 18.5 Å². The lowest BCUT2D eigenvalue weighted by atomic mass is 10.1. The molecular weight excluding hydrogens is 420 g/mol. The Morgan fingerprint density at radius 1 is 1.40 bits per heavy atom. The molecule has 1 aromatic rings. The molecule has 0 bridgehead atoms. The smallest absolute Gasteiger partial charge is 0.355 e. The lowest BCUT2D eigenvalue weighted by Crippen LogP contribution is -2.08. The van der Waals surface area contributed by atoms with Crippen LogP contribution in [0.1, 0.15) is 36.3 Å². The topological polar surface area (TPSA) is 42.1 Å². The van der Waals surface area contributed by atoms with Crippen molar-refractivity contribution in [1.82, 2.24) is 4.98 Å². The first kappa shape index (κ1) is 13.3. The number of aromatic amines is 1. The fraction of sp³-hybridized carbons (Fsp3) is 0.500. The predicted octanol–water partition coefficient (Wildman–Crippen LogP) is 3.35. The number of nitrogens with one attached hydrogen (secondary N) is 1. The fourth-order valence-electron chi connectivity index (χ4n) is 1.34. The van der Waals surface area contributed by atoms with Crippen molar-refractivity contribution in [2.75, 3.05) is 6.61 Å². The number of rotatable bonds is 4. The summed E-state index contributed by atoms with van der Waals surface area (Å²) in [5.41, 5.74) is 1.70. The van der Waals surface area contributed by atoms with Crippen LogP contribution in [0, 0.1) is 7.27 Å². The summed E-state index contributed by atoms with van der Waals surface area (Å²) in [7, 11) is 0. The second-order valence-electron chi connectivity index (χ2n) is 3.08. The van der Waals surface area contributed by atoms with Gasteiger partial charge in [0, 0.05) is 3.57 Å². The molecule has 0 aliphatic rings. The van der Waals surface area contributed by atoms with Gasteiger partial charge in [0.15, 0.2) is 0 Å². The van der Waals surface area contributed by atoms with E-state index in [1.54, 1.807) is 0 Å². The number of carbonyl (C=O) groups is 1. The highest BCUT2D eigenvalue weighted by molar-refractivity contribution is 14.1. The molecule has 0 saturated carbocycles. The maximum absolute atomic E-state index is 11.6. The molecule has 15 heavy (non-hydrogen) atoms. The Balaban J connectivity index is 3.05. The summed E-state index contributed by atoms with van der Waals surface area (Å²) in [6.45, 7) is 4.33. The third kappa shape index (κ3) is 3.08. The first-order valence-corrected chi connectivity index (χ1v) is 7.00. The number of esters is 1. The number of carbonyl (C=O) groups excluding carboxylic acids is 1. The monoisotopic (exact) mass is 433 g/mol. The summed E-state index contributed by atoms with van der Waals surface area (Å²) in [5.74, 6) is -0.248. The average molecular weight is 433 g/mol. The molecule has 0 radical (unpaired) electrons.